The monoisotopic (exact) mass is 528 g/mol. The van der Waals surface area contributed by atoms with Gasteiger partial charge in [0.25, 0.3) is 0 Å². The summed E-state index contributed by atoms with van der Waals surface area (Å²) in [5.74, 6) is 0.623. The maximum Gasteiger partial charge on any atom is 0.358 e. The van der Waals surface area contributed by atoms with Gasteiger partial charge in [0.1, 0.15) is 11.5 Å². The van der Waals surface area contributed by atoms with E-state index in [2.05, 4.69) is 20.1 Å². The predicted molar refractivity (Wildman–Crippen MR) is 130 cm³/mol. The van der Waals surface area contributed by atoms with Gasteiger partial charge in [-0.2, -0.15) is 0 Å². The third-order valence-corrected chi connectivity index (χ3v) is 7.73. The number of nitrogens with zero attached hydrogens (tertiary/aromatic N) is 4. The molecule has 11 heteroatoms. The minimum atomic E-state index is -0.575. The van der Waals surface area contributed by atoms with E-state index in [4.69, 9.17) is 32.5 Å². The molecule has 2 saturated carbocycles. The molecule has 36 heavy (non-hydrogen) atoms. The third kappa shape index (κ3) is 3.95. The number of methoxy groups -OCH3 is 1. The first-order chi connectivity index (χ1) is 17.5. The second kappa shape index (κ2) is 9.14. The summed E-state index contributed by atoms with van der Waals surface area (Å²) in [6.45, 7) is 0.251. The van der Waals surface area contributed by atoms with Crippen LogP contribution >= 0.6 is 23.2 Å². The van der Waals surface area contributed by atoms with Crippen LogP contribution in [0.3, 0.4) is 0 Å². The summed E-state index contributed by atoms with van der Waals surface area (Å²) >= 11 is 12.9. The van der Waals surface area contributed by atoms with Crippen molar-refractivity contribution in [1.29, 1.82) is 0 Å². The van der Waals surface area contributed by atoms with E-state index in [0.29, 0.717) is 45.9 Å². The number of hydrogen-bond acceptors (Lipinski definition) is 8. The van der Waals surface area contributed by atoms with E-state index in [1.807, 2.05) is 0 Å². The molecule has 0 unspecified atom stereocenters. The van der Waals surface area contributed by atoms with Gasteiger partial charge < -0.3 is 14.0 Å². The molecule has 2 bridgehead atoms. The van der Waals surface area contributed by atoms with E-state index < -0.39 is 5.97 Å². The van der Waals surface area contributed by atoms with Gasteiger partial charge in [-0.1, -0.05) is 34.4 Å². The van der Waals surface area contributed by atoms with Crippen molar-refractivity contribution in [3.05, 3.63) is 57.4 Å². The molecule has 9 nitrogen and oxygen atoms in total. The number of halogens is 2. The van der Waals surface area contributed by atoms with Crippen LogP contribution in [0.4, 0.5) is 5.82 Å². The highest BCUT2D eigenvalue weighted by molar-refractivity contribution is 6.39. The van der Waals surface area contributed by atoms with Gasteiger partial charge >= 0.3 is 5.97 Å². The Morgan fingerprint density at radius 1 is 1.14 bits per heavy atom. The summed E-state index contributed by atoms with van der Waals surface area (Å²) in [6.07, 6.45) is 3.18. The van der Waals surface area contributed by atoms with E-state index in [1.165, 1.54) is 13.2 Å². The highest BCUT2D eigenvalue weighted by atomic mass is 35.5. The van der Waals surface area contributed by atoms with Crippen molar-refractivity contribution in [2.24, 2.45) is 5.92 Å². The van der Waals surface area contributed by atoms with Crippen LogP contribution in [-0.4, -0.2) is 46.5 Å². The number of hydrogen-bond donors (Lipinski definition) is 0. The molecule has 6 rings (SSSR count). The van der Waals surface area contributed by atoms with Crippen LogP contribution in [0, 0.1) is 5.92 Å². The van der Waals surface area contributed by atoms with Crippen LogP contribution in [-0.2, 0) is 20.9 Å². The van der Waals surface area contributed by atoms with E-state index in [-0.39, 0.29) is 36.3 Å². The zero-order valence-corrected chi connectivity index (χ0v) is 20.8. The molecule has 3 aromatic rings. The number of rotatable bonds is 7. The summed E-state index contributed by atoms with van der Waals surface area (Å²) in [4.78, 5) is 26.5. The molecule has 186 valence electrons. The third-order valence-electron chi connectivity index (χ3n) is 7.10. The van der Waals surface area contributed by atoms with Crippen molar-refractivity contribution in [3.8, 4) is 11.3 Å². The fourth-order valence-corrected chi connectivity index (χ4v) is 5.77. The van der Waals surface area contributed by atoms with Crippen LogP contribution in [0.2, 0.25) is 10.0 Å². The lowest BCUT2D eigenvalue weighted by atomic mass is 10.0. The van der Waals surface area contributed by atoms with Crippen molar-refractivity contribution in [1.82, 2.24) is 15.4 Å². The molecule has 0 spiro atoms. The van der Waals surface area contributed by atoms with Crippen molar-refractivity contribution in [3.63, 3.8) is 0 Å². The van der Waals surface area contributed by atoms with Gasteiger partial charge in [-0.15, -0.1) is 10.2 Å². The van der Waals surface area contributed by atoms with Gasteiger partial charge in [-0.25, -0.2) is 4.79 Å². The summed E-state index contributed by atoms with van der Waals surface area (Å²) in [7, 11) is 1.28. The maximum atomic E-state index is 13.2. The summed E-state index contributed by atoms with van der Waals surface area (Å²) in [6, 6.07) is 8.39. The Balaban J connectivity index is 1.19. The zero-order valence-electron chi connectivity index (χ0n) is 19.3. The second-order valence-corrected chi connectivity index (χ2v) is 10.1. The highest BCUT2D eigenvalue weighted by Crippen LogP contribution is 2.47. The van der Waals surface area contributed by atoms with Gasteiger partial charge in [0.05, 0.1) is 35.8 Å². The zero-order chi connectivity index (χ0) is 25.0. The fourth-order valence-electron chi connectivity index (χ4n) is 5.19. The number of amides is 1. The number of anilines is 1. The minimum absolute atomic E-state index is 0.0476. The largest absolute Gasteiger partial charge is 0.464 e. The lowest BCUT2D eigenvalue weighted by Crippen LogP contribution is -2.43. The Morgan fingerprint density at radius 2 is 1.92 bits per heavy atom. The molecular weight excluding hydrogens is 507 g/mol. The molecular formula is C25H22Cl2N4O5. The van der Waals surface area contributed by atoms with Crippen LogP contribution in [0.15, 0.2) is 34.9 Å². The number of ether oxygens (including phenoxy) is 2. The quantitative estimate of drug-likeness (QED) is 0.402. The van der Waals surface area contributed by atoms with Crippen LogP contribution in [0.1, 0.15) is 53.4 Å². The fraction of sp³-hybridized carbons (Fsp3) is 0.400. The molecule has 2 aromatic heterocycles. The molecule has 1 saturated heterocycles. The average Bonchev–Trinajstić information content (AvgIpc) is 3.39. The van der Waals surface area contributed by atoms with E-state index in [0.717, 1.165) is 24.2 Å². The topological polar surface area (TPSA) is 108 Å². The summed E-state index contributed by atoms with van der Waals surface area (Å²) in [5.41, 5.74) is 2.14. The Labute approximate surface area is 216 Å². The Morgan fingerprint density at radius 3 is 2.56 bits per heavy atom. The van der Waals surface area contributed by atoms with Crippen molar-refractivity contribution in [2.75, 3.05) is 12.0 Å². The average molecular weight is 529 g/mol. The highest BCUT2D eigenvalue weighted by Gasteiger charge is 2.52. The first-order valence-corrected chi connectivity index (χ1v) is 12.5. The Bertz CT molecular complexity index is 1320. The molecule has 1 amide bonds. The van der Waals surface area contributed by atoms with E-state index >= 15 is 0 Å². The molecule has 0 N–H and O–H groups in total. The molecule has 3 atom stereocenters. The standard InChI is InChI=1S/C25H22Cl2N4O5/c1-34-25(33)18-7-8-20(29-28-18)31-13-9-14(24(31)32)19(10-13)35-11-15-22(30-36-23(15)12-5-6-12)21-16(26)3-2-4-17(21)27/h2-4,7-8,12-14,19H,5-6,9-11H2,1H3/t13-,14+,19+/m0/s1. The van der Waals surface area contributed by atoms with Gasteiger partial charge in [-0.3, -0.25) is 9.69 Å². The smallest absolute Gasteiger partial charge is 0.358 e. The minimum Gasteiger partial charge on any atom is -0.464 e. The number of esters is 1. The molecule has 1 aromatic carbocycles. The predicted octanol–water partition coefficient (Wildman–Crippen LogP) is 4.81. The first kappa shape index (κ1) is 23.4. The number of fused-ring (bicyclic) bond motifs is 2. The number of aromatic nitrogens is 3. The van der Waals surface area contributed by atoms with Gasteiger partial charge in [0, 0.05) is 23.1 Å². The van der Waals surface area contributed by atoms with Crippen LogP contribution in [0.25, 0.3) is 11.3 Å². The number of carbonyl (C=O) groups is 2. The van der Waals surface area contributed by atoms with E-state index in [9.17, 15) is 9.59 Å². The van der Waals surface area contributed by atoms with Gasteiger partial charge in [0.15, 0.2) is 11.5 Å². The second-order valence-electron chi connectivity index (χ2n) is 9.30. The summed E-state index contributed by atoms with van der Waals surface area (Å²) in [5, 5.41) is 13.3. The summed E-state index contributed by atoms with van der Waals surface area (Å²) < 4.78 is 16.7. The molecule has 3 heterocycles. The Hall–Kier alpha value is -3.01. The van der Waals surface area contributed by atoms with Crippen molar-refractivity contribution >= 4 is 40.9 Å². The lowest BCUT2D eigenvalue weighted by molar-refractivity contribution is -0.126. The number of piperidine rings is 1. The van der Waals surface area contributed by atoms with Crippen LogP contribution < -0.4 is 4.90 Å². The van der Waals surface area contributed by atoms with Crippen molar-refractivity contribution < 1.29 is 23.6 Å². The Kier molecular flexibility index (Phi) is 5.94. The number of carbonyl (C=O) groups excluding carboxylic acids is 2. The maximum absolute atomic E-state index is 13.2. The first-order valence-electron chi connectivity index (χ1n) is 11.8. The molecule has 3 fully saturated rings. The van der Waals surface area contributed by atoms with Crippen molar-refractivity contribution in [2.45, 2.75) is 50.4 Å². The normalized spacial score (nSPS) is 22.9. The molecule has 3 aliphatic rings. The van der Waals surface area contributed by atoms with Gasteiger partial charge in [-0.05, 0) is 49.9 Å². The SMILES string of the molecule is COC(=O)c1ccc(N2C(=O)[C@@H]3C[C@H]2C[C@H]3OCc2c(-c3c(Cl)cccc3Cl)noc2C2CC2)nn1. The number of benzene rings is 1. The molecule has 2 aliphatic carbocycles. The molecule has 1 aliphatic heterocycles. The van der Waals surface area contributed by atoms with Gasteiger partial charge in [0.2, 0.25) is 5.91 Å². The van der Waals surface area contributed by atoms with E-state index in [1.54, 1.807) is 29.2 Å². The molecule has 0 radical (unpaired) electrons. The van der Waals surface area contributed by atoms with Crippen LogP contribution in [0.5, 0.6) is 0 Å². The lowest BCUT2D eigenvalue weighted by Gasteiger charge is -2.30.